The van der Waals surface area contributed by atoms with Gasteiger partial charge in [0.05, 0.1) is 17.7 Å². The summed E-state index contributed by atoms with van der Waals surface area (Å²) >= 11 is 0. The summed E-state index contributed by atoms with van der Waals surface area (Å²) in [6.07, 6.45) is 1.64. The lowest BCUT2D eigenvalue weighted by atomic mass is 10.0. The van der Waals surface area contributed by atoms with E-state index in [0.717, 1.165) is 11.3 Å². The van der Waals surface area contributed by atoms with E-state index in [9.17, 15) is 14.3 Å². The summed E-state index contributed by atoms with van der Waals surface area (Å²) in [6, 6.07) is 7.62. The van der Waals surface area contributed by atoms with Crippen LogP contribution in [0.2, 0.25) is 0 Å². The molecule has 21 heavy (non-hydrogen) atoms. The number of amides is 1. The Morgan fingerprint density at radius 2 is 2.05 bits per heavy atom. The number of aliphatic hydroxyl groups excluding tert-OH is 1. The number of likely N-dealkylation sites (tertiary alicyclic amines) is 1. The minimum atomic E-state index is -0.553. The Kier molecular flexibility index (Phi) is 3.51. The van der Waals surface area contributed by atoms with Crippen molar-refractivity contribution in [3.63, 3.8) is 0 Å². The number of rotatable bonds is 2. The van der Waals surface area contributed by atoms with E-state index in [1.807, 2.05) is 6.92 Å². The Balaban J connectivity index is 1.91. The number of benzene rings is 1. The molecular weight excluding hydrogens is 271 g/mol. The lowest BCUT2D eigenvalue weighted by Gasteiger charge is -2.24. The van der Waals surface area contributed by atoms with Gasteiger partial charge in [-0.3, -0.25) is 4.79 Å². The van der Waals surface area contributed by atoms with Crippen LogP contribution >= 0.6 is 0 Å². The van der Waals surface area contributed by atoms with Crippen LogP contribution in [-0.2, 0) is 0 Å². The van der Waals surface area contributed by atoms with E-state index in [1.54, 1.807) is 29.3 Å². The van der Waals surface area contributed by atoms with Crippen molar-refractivity contribution >= 4 is 5.91 Å². The highest BCUT2D eigenvalue weighted by molar-refractivity contribution is 5.95. The van der Waals surface area contributed by atoms with Crippen LogP contribution < -0.4 is 0 Å². The highest BCUT2D eigenvalue weighted by Crippen LogP contribution is 2.33. The number of H-pyrrole nitrogens is 1. The zero-order valence-electron chi connectivity index (χ0n) is 11.7. The zero-order chi connectivity index (χ0) is 15.0. The van der Waals surface area contributed by atoms with Crippen molar-refractivity contribution < 1.29 is 14.3 Å². The monoisotopic (exact) mass is 288 g/mol. The van der Waals surface area contributed by atoms with Gasteiger partial charge in [0.15, 0.2) is 0 Å². The van der Waals surface area contributed by atoms with E-state index < -0.39 is 6.10 Å². The van der Waals surface area contributed by atoms with Crippen molar-refractivity contribution in [2.24, 2.45) is 0 Å². The summed E-state index contributed by atoms with van der Waals surface area (Å²) < 4.78 is 13.0. The van der Waals surface area contributed by atoms with Crippen molar-refractivity contribution in [3.8, 4) is 0 Å². The molecule has 1 aliphatic rings. The van der Waals surface area contributed by atoms with Crippen molar-refractivity contribution in [2.75, 3.05) is 6.54 Å². The second kappa shape index (κ2) is 5.33. The number of hydrogen-bond acceptors (Lipinski definition) is 2. The third-order valence-corrected chi connectivity index (χ3v) is 3.98. The molecule has 0 bridgehead atoms. The van der Waals surface area contributed by atoms with Gasteiger partial charge in [0, 0.05) is 18.4 Å². The van der Waals surface area contributed by atoms with Crippen LogP contribution in [0.1, 0.15) is 34.1 Å². The number of nitrogens with one attached hydrogen (secondary N) is 1. The Morgan fingerprint density at radius 1 is 1.33 bits per heavy atom. The predicted molar refractivity (Wildman–Crippen MR) is 76.3 cm³/mol. The van der Waals surface area contributed by atoms with E-state index >= 15 is 0 Å². The van der Waals surface area contributed by atoms with Crippen molar-refractivity contribution in [1.29, 1.82) is 0 Å². The second-order valence-electron chi connectivity index (χ2n) is 5.43. The third-order valence-electron chi connectivity index (χ3n) is 3.98. The molecule has 0 saturated carbocycles. The average Bonchev–Trinajstić information content (AvgIpc) is 3.05. The van der Waals surface area contributed by atoms with Gasteiger partial charge in [0.1, 0.15) is 5.82 Å². The first-order chi connectivity index (χ1) is 10.1. The SMILES string of the molecule is Cc1[nH]ccc1C(=O)N1C[C@H](O)C[C@@H]1c1ccc(F)cc1. The normalized spacial score (nSPS) is 21.8. The van der Waals surface area contributed by atoms with Gasteiger partial charge in [-0.25, -0.2) is 4.39 Å². The number of aromatic nitrogens is 1. The highest BCUT2D eigenvalue weighted by atomic mass is 19.1. The molecule has 1 amide bonds. The van der Waals surface area contributed by atoms with Crippen LogP contribution in [0.5, 0.6) is 0 Å². The number of carbonyl (C=O) groups excluding carboxylic acids is 1. The van der Waals surface area contributed by atoms with Crippen molar-refractivity contribution in [3.05, 3.63) is 59.2 Å². The Morgan fingerprint density at radius 3 is 2.67 bits per heavy atom. The number of aromatic amines is 1. The fourth-order valence-electron chi connectivity index (χ4n) is 2.88. The average molecular weight is 288 g/mol. The van der Waals surface area contributed by atoms with Gasteiger partial charge < -0.3 is 15.0 Å². The first-order valence-electron chi connectivity index (χ1n) is 6.94. The zero-order valence-corrected chi connectivity index (χ0v) is 11.7. The molecule has 3 rings (SSSR count). The van der Waals surface area contributed by atoms with Crippen LogP contribution in [0, 0.1) is 12.7 Å². The van der Waals surface area contributed by atoms with E-state index in [0.29, 0.717) is 18.5 Å². The molecular formula is C16H17FN2O2. The van der Waals surface area contributed by atoms with E-state index in [-0.39, 0.29) is 17.8 Å². The van der Waals surface area contributed by atoms with Crippen LogP contribution in [0.25, 0.3) is 0 Å². The van der Waals surface area contributed by atoms with Crippen LogP contribution in [0.4, 0.5) is 4.39 Å². The molecule has 2 atom stereocenters. The molecule has 0 spiro atoms. The van der Waals surface area contributed by atoms with Crippen molar-refractivity contribution in [2.45, 2.75) is 25.5 Å². The molecule has 2 N–H and O–H groups in total. The van der Waals surface area contributed by atoms with Gasteiger partial charge >= 0.3 is 0 Å². The number of nitrogens with zero attached hydrogens (tertiary/aromatic N) is 1. The molecule has 2 aromatic rings. The van der Waals surface area contributed by atoms with E-state index in [2.05, 4.69) is 4.98 Å². The molecule has 110 valence electrons. The topological polar surface area (TPSA) is 56.3 Å². The molecule has 0 aliphatic carbocycles. The first-order valence-corrected chi connectivity index (χ1v) is 6.94. The lowest BCUT2D eigenvalue weighted by Crippen LogP contribution is -2.32. The van der Waals surface area contributed by atoms with Gasteiger partial charge in [-0.1, -0.05) is 12.1 Å². The fourth-order valence-corrected chi connectivity index (χ4v) is 2.88. The van der Waals surface area contributed by atoms with Gasteiger partial charge in [-0.2, -0.15) is 0 Å². The quantitative estimate of drug-likeness (QED) is 0.891. The molecule has 4 nitrogen and oxygen atoms in total. The number of aryl methyl sites for hydroxylation is 1. The first kappa shape index (κ1) is 13.8. The third kappa shape index (κ3) is 2.56. The van der Waals surface area contributed by atoms with Gasteiger partial charge in [0.25, 0.3) is 5.91 Å². The molecule has 5 heteroatoms. The molecule has 0 unspecified atom stereocenters. The minimum Gasteiger partial charge on any atom is -0.391 e. The number of β-amino-alcohol motifs (C(OH)–C–C–N with tert-alkyl or cyclic N) is 1. The smallest absolute Gasteiger partial charge is 0.256 e. The Bertz CT molecular complexity index is 651. The summed E-state index contributed by atoms with van der Waals surface area (Å²) in [4.78, 5) is 17.3. The number of halogens is 1. The Hall–Kier alpha value is -2.14. The molecule has 2 heterocycles. The summed E-state index contributed by atoms with van der Waals surface area (Å²) in [7, 11) is 0. The maximum atomic E-state index is 13.0. The van der Waals surface area contributed by atoms with Gasteiger partial charge in [-0.05, 0) is 37.1 Å². The van der Waals surface area contributed by atoms with Gasteiger partial charge in [-0.15, -0.1) is 0 Å². The van der Waals surface area contributed by atoms with E-state index in [4.69, 9.17) is 0 Å². The number of aliphatic hydroxyl groups is 1. The van der Waals surface area contributed by atoms with E-state index in [1.165, 1.54) is 12.1 Å². The maximum Gasteiger partial charge on any atom is 0.256 e. The van der Waals surface area contributed by atoms with Crippen molar-refractivity contribution in [1.82, 2.24) is 9.88 Å². The molecule has 1 aliphatic heterocycles. The molecule has 1 aromatic heterocycles. The lowest BCUT2D eigenvalue weighted by molar-refractivity contribution is 0.0715. The summed E-state index contributed by atoms with van der Waals surface area (Å²) in [6.45, 7) is 2.14. The number of hydrogen-bond donors (Lipinski definition) is 2. The molecule has 1 saturated heterocycles. The molecule has 0 radical (unpaired) electrons. The summed E-state index contributed by atoms with van der Waals surface area (Å²) in [5.74, 6) is -0.420. The Labute approximate surface area is 122 Å². The molecule has 1 fully saturated rings. The van der Waals surface area contributed by atoms with Crippen LogP contribution in [0.15, 0.2) is 36.5 Å². The molecule has 1 aromatic carbocycles. The van der Waals surface area contributed by atoms with Gasteiger partial charge in [0.2, 0.25) is 0 Å². The van der Waals surface area contributed by atoms with Crippen LogP contribution in [-0.4, -0.2) is 33.5 Å². The highest BCUT2D eigenvalue weighted by Gasteiger charge is 2.36. The predicted octanol–water partition coefficient (Wildman–Crippen LogP) is 2.41. The summed E-state index contributed by atoms with van der Waals surface area (Å²) in [5.41, 5.74) is 2.25. The summed E-state index contributed by atoms with van der Waals surface area (Å²) in [5, 5.41) is 9.93. The van der Waals surface area contributed by atoms with Crippen LogP contribution in [0.3, 0.4) is 0 Å². The largest absolute Gasteiger partial charge is 0.391 e. The number of carbonyl (C=O) groups is 1. The minimum absolute atomic E-state index is 0.111. The second-order valence-corrected chi connectivity index (χ2v) is 5.43. The standard InChI is InChI=1S/C16H17FN2O2/c1-10-14(6-7-18-10)16(21)19-9-13(20)8-15(19)11-2-4-12(17)5-3-11/h2-7,13,15,18,20H,8-9H2,1H3/t13-,15-/m1/s1. The maximum absolute atomic E-state index is 13.0. The fraction of sp³-hybridized carbons (Fsp3) is 0.312.